The van der Waals surface area contributed by atoms with Crippen LogP contribution in [0.2, 0.25) is 0 Å². The predicted molar refractivity (Wildman–Crippen MR) is 61.6 cm³/mol. The van der Waals surface area contributed by atoms with Crippen LogP contribution in [0.15, 0.2) is 0 Å². The maximum absolute atomic E-state index is 11.4. The van der Waals surface area contributed by atoms with Gasteiger partial charge >= 0.3 is 12.1 Å². The van der Waals surface area contributed by atoms with Crippen molar-refractivity contribution in [3.8, 4) is 0 Å². The highest BCUT2D eigenvalue weighted by atomic mass is 32.2. The number of hydrogen-bond acceptors (Lipinski definition) is 4. The molecule has 1 aliphatic rings. The zero-order valence-electron chi connectivity index (χ0n) is 9.27. The van der Waals surface area contributed by atoms with Crippen molar-refractivity contribution >= 4 is 23.8 Å². The lowest BCUT2D eigenvalue weighted by Crippen LogP contribution is -2.43. The molecule has 1 fully saturated rings. The molecule has 1 saturated carbocycles. The molecule has 0 radical (unpaired) electrons. The number of thioether (sulfide) groups is 1. The van der Waals surface area contributed by atoms with Crippen molar-refractivity contribution in [3.05, 3.63) is 0 Å². The van der Waals surface area contributed by atoms with Crippen LogP contribution in [0.5, 0.6) is 0 Å². The van der Waals surface area contributed by atoms with Gasteiger partial charge in [-0.1, -0.05) is 0 Å². The summed E-state index contributed by atoms with van der Waals surface area (Å²) in [4.78, 5) is 21.9. The van der Waals surface area contributed by atoms with Gasteiger partial charge in [-0.3, -0.25) is 0 Å². The molecule has 1 unspecified atom stereocenters. The molecule has 0 saturated heterocycles. The summed E-state index contributed by atoms with van der Waals surface area (Å²) in [5.41, 5.74) is 0. The lowest BCUT2D eigenvalue weighted by atomic mass is 10.3. The molecular weight excluding hydrogens is 230 g/mol. The van der Waals surface area contributed by atoms with Gasteiger partial charge in [0.15, 0.2) is 0 Å². The Hall–Kier alpha value is -0.910. The summed E-state index contributed by atoms with van der Waals surface area (Å²) in [6, 6.07) is -0.749. The minimum Gasteiger partial charge on any atom is -0.465 e. The molecule has 1 amide bonds. The Morgan fingerprint density at radius 1 is 1.56 bits per heavy atom. The molecule has 1 rings (SSSR count). The van der Waals surface area contributed by atoms with E-state index in [-0.39, 0.29) is 6.61 Å². The topological polar surface area (TPSA) is 75.6 Å². The molecule has 0 heterocycles. The van der Waals surface area contributed by atoms with Gasteiger partial charge in [0.05, 0.1) is 6.61 Å². The number of hydrogen-bond donors (Lipinski definition) is 2. The Morgan fingerprint density at radius 2 is 2.25 bits per heavy atom. The fourth-order valence-electron chi connectivity index (χ4n) is 1.20. The molecular formula is C10H17NO4S. The van der Waals surface area contributed by atoms with Crippen LogP contribution < -0.4 is 5.32 Å². The minimum atomic E-state index is -1.19. The van der Waals surface area contributed by atoms with Crippen molar-refractivity contribution in [3.63, 3.8) is 0 Å². The Bertz CT molecular complexity index is 255. The van der Waals surface area contributed by atoms with E-state index < -0.39 is 18.1 Å². The smallest absolute Gasteiger partial charge is 0.405 e. The van der Waals surface area contributed by atoms with Crippen molar-refractivity contribution in [1.82, 2.24) is 5.32 Å². The third-order valence-electron chi connectivity index (χ3n) is 2.20. The van der Waals surface area contributed by atoms with Crippen molar-refractivity contribution in [2.75, 3.05) is 18.1 Å². The van der Waals surface area contributed by atoms with Crippen molar-refractivity contribution in [1.29, 1.82) is 0 Å². The summed E-state index contributed by atoms with van der Waals surface area (Å²) >= 11 is 1.60. The fraction of sp³-hybridized carbons (Fsp3) is 0.800. The molecule has 0 spiro atoms. The third-order valence-corrected chi connectivity index (χ3v) is 3.48. The first-order valence-corrected chi connectivity index (χ1v) is 6.52. The molecule has 6 heteroatoms. The summed E-state index contributed by atoms with van der Waals surface area (Å²) in [6.07, 6.45) is 1.32. The SMILES string of the molecule is CCOC(=O)C(CSCC1CC1)NC(=O)O. The molecule has 92 valence electrons. The average molecular weight is 247 g/mol. The Kier molecular flexibility index (Phi) is 5.45. The number of carboxylic acid groups (broad SMARTS) is 1. The summed E-state index contributed by atoms with van der Waals surface area (Å²) in [6.45, 7) is 1.97. The van der Waals surface area contributed by atoms with Gasteiger partial charge < -0.3 is 15.2 Å². The number of nitrogens with one attached hydrogen (secondary N) is 1. The van der Waals surface area contributed by atoms with E-state index in [1.54, 1.807) is 18.7 Å². The molecule has 5 nitrogen and oxygen atoms in total. The van der Waals surface area contributed by atoms with Gasteiger partial charge in [0.2, 0.25) is 0 Å². The number of rotatable bonds is 7. The average Bonchev–Trinajstić information content (AvgIpc) is 3.00. The highest BCUT2D eigenvalue weighted by Gasteiger charge is 2.25. The van der Waals surface area contributed by atoms with Crippen molar-refractivity contribution in [2.45, 2.75) is 25.8 Å². The zero-order chi connectivity index (χ0) is 12.0. The molecule has 2 N–H and O–H groups in total. The van der Waals surface area contributed by atoms with Gasteiger partial charge in [-0.2, -0.15) is 11.8 Å². The minimum absolute atomic E-state index is 0.268. The first kappa shape index (κ1) is 13.2. The summed E-state index contributed by atoms with van der Waals surface area (Å²) in [5, 5.41) is 10.8. The van der Waals surface area contributed by atoms with Gasteiger partial charge in [0, 0.05) is 5.75 Å². The highest BCUT2D eigenvalue weighted by molar-refractivity contribution is 7.99. The number of carbonyl (C=O) groups excluding carboxylic acids is 1. The van der Waals surface area contributed by atoms with Crippen molar-refractivity contribution < 1.29 is 19.4 Å². The fourth-order valence-corrected chi connectivity index (χ4v) is 2.46. The molecule has 0 aromatic heterocycles. The Morgan fingerprint density at radius 3 is 2.75 bits per heavy atom. The van der Waals surface area contributed by atoms with Crippen molar-refractivity contribution in [2.24, 2.45) is 5.92 Å². The zero-order valence-corrected chi connectivity index (χ0v) is 10.1. The lowest BCUT2D eigenvalue weighted by Gasteiger charge is -2.14. The summed E-state index contributed by atoms with van der Waals surface area (Å²) in [7, 11) is 0. The standard InChI is InChI=1S/C10H17NO4S/c1-2-15-9(12)8(11-10(13)14)6-16-5-7-3-4-7/h7-8,11H,2-6H2,1H3,(H,13,14). The number of ether oxygens (including phenoxy) is 1. The van der Waals surface area contributed by atoms with Gasteiger partial charge in [-0.05, 0) is 31.4 Å². The van der Waals surface area contributed by atoms with E-state index >= 15 is 0 Å². The normalized spacial score (nSPS) is 16.6. The molecule has 0 aromatic carbocycles. The van der Waals surface area contributed by atoms with E-state index in [9.17, 15) is 9.59 Å². The highest BCUT2D eigenvalue weighted by Crippen LogP contribution is 2.32. The van der Waals surface area contributed by atoms with Crippen LogP contribution in [0.4, 0.5) is 4.79 Å². The van der Waals surface area contributed by atoms with Crippen LogP contribution in [0, 0.1) is 5.92 Å². The first-order valence-electron chi connectivity index (χ1n) is 5.37. The number of amides is 1. The van der Waals surface area contributed by atoms with Gasteiger partial charge in [-0.25, -0.2) is 9.59 Å². The predicted octanol–water partition coefficient (Wildman–Crippen LogP) is 1.33. The second-order valence-electron chi connectivity index (χ2n) is 3.73. The molecule has 1 aliphatic carbocycles. The molecule has 0 aliphatic heterocycles. The number of carbonyl (C=O) groups is 2. The number of esters is 1. The Labute approximate surface area is 98.9 Å². The van der Waals surface area contributed by atoms with Crippen LogP contribution >= 0.6 is 11.8 Å². The largest absolute Gasteiger partial charge is 0.465 e. The van der Waals surface area contributed by atoms with E-state index in [0.717, 1.165) is 11.7 Å². The van der Waals surface area contributed by atoms with E-state index in [1.165, 1.54) is 12.8 Å². The van der Waals surface area contributed by atoms with E-state index in [0.29, 0.717) is 5.75 Å². The van der Waals surface area contributed by atoms with Crippen LogP contribution in [0.1, 0.15) is 19.8 Å². The quantitative estimate of drug-likeness (QED) is 0.664. The van der Waals surface area contributed by atoms with Crippen LogP contribution in [0.3, 0.4) is 0 Å². The van der Waals surface area contributed by atoms with Crippen LogP contribution in [0.25, 0.3) is 0 Å². The van der Waals surface area contributed by atoms with E-state index in [2.05, 4.69) is 5.32 Å². The maximum Gasteiger partial charge on any atom is 0.405 e. The Balaban J connectivity index is 2.28. The second-order valence-corrected chi connectivity index (χ2v) is 4.81. The second kappa shape index (κ2) is 6.62. The third kappa shape index (κ3) is 5.25. The maximum atomic E-state index is 11.4. The molecule has 0 bridgehead atoms. The summed E-state index contributed by atoms with van der Waals surface area (Å²) < 4.78 is 4.80. The van der Waals surface area contributed by atoms with Gasteiger partial charge in [0.25, 0.3) is 0 Å². The summed E-state index contributed by atoms with van der Waals surface area (Å²) in [5.74, 6) is 1.71. The van der Waals surface area contributed by atoms with E-state index in [1.807, 2.05) is 0 Å². The lowest BCUT2D eigenvalue weighted by molar-refractivity contribution is -0.144. The molecule has 0 aromatic rings. The van der Waals surface area contributed by atoms with E-state index in [4.69, 9.17) is 9.84 Å². The van der Waals surface area contributed by atoms with Gasteiger partial charge in [0.1, 0.15) is 6.04 Å². The molecule has 1 atom stereocenters. The van der Waals surface area contributed by atoms with Crippen LogP contribution in [-0.4, -0.2) is 41.3 Å². The molecule has 16 heavy (non-hydrogen) atoms. The van der Waals surface area contributed by atoms with Gasteiger partial charge in [-0.15, -0.1) is 0 Å². The first-order chi connectivity index (χ1) is 7.63. The van der Waals surface area contributed by atoms with Crippen LogP contribution in [-0.2, 0) is 9.53 Å². The monoisotopic (exact) mass is 247 g/mol.